The molecular weight excluding hydrogens is 810 g/mol. The molecule has 67 heavy (non-hydrogen) atoms. The van der Waals surface area contributed by atoms with Crippen LogP contribution in [0.25, 0.3) is 93.1 Å². The standard InChI is InChI=1S/C63H48BN3/c1-62(2,3)38-26-29-40(30-27-38)65-50-33-28-39(63(4,5)6)34-49(50)64-48-22-12-21-46-47-31-24-36-14-7-8-16-41(36)59(47)67(60(46)48)61-54(35-53(65)58(61)64)66-51-23-13-20-45-43-18-10-9-17-42(43)44-19-11-15-37-25-32-52(66)57(55(37)44)56(45)51/h7-35,61H,1-6H3. The smallest absolute Gasteiger partial charge is 0.247 e. The van der Waals surface area contributed by atoms with Crippen molar-refractivity contribution >= 4 is 99.9 Å². The van der Waals surface area contributed by atoms with Crippen molar-refractivity contribution in [2.24, 2.45) is 0 Å². The fraction of sp³-hybridized carbons (Fsp3) is 0.143. The van der Waals surface area contributed by atoms with Crippen molar-refractivity contribution in [1.29, 1.82) is 0 Å². The first kappa shape index (κ1) is 37.6. The van der Waals surface area contributed by atoms with Gasteiger partial charge in [-0.3, -0.25) is 0 Å². The summed E-state index contributed by atoms with van der Waals surface area (Å²) in [6.07, 6.45) is 2.60. The summed E-state index contributed by atoms with van der Waals surface area (Å²) >= 11 is 0. The first-order valence-electron chi connectivity index (χ1n) is 24.1. The number of anilines is 2. The van der Waals surface area contributed by atoms with Gasteiger partial charge in [0, 0.05) is 49.5 Å². The highest BCUT2D eigenvalue weighted by Crippen LogP contribution is 2.56. The lowest BCUT2D eigenvalue weighted by Gasteiger charge is -2.41. The Labute approximate surface area is 391 Å². The molecule has 0 bridgehead atoms. The van der Waals surface area contributed by atoms with Gasteiger partial charge in [0.1, 0.15) is 0 Å². The Kier molecular flexibility index (Phi) is 7.11. The molecule has 0 saturated heterocycles. The van der Waals surface area contributed by atoms with Gasteiger partial charge in [0.2, 0.25) is 6.71 Å². The van der Waals surface area contributed by atoms with Crippen molar-refractivity contribution in [3.8, 4) is 22.3 Å². The Morgan fingerprint density at radius 3 is 1.88 bits per heavy atom. The SMILES string of the molecule is CC(C)(C)c1ccc(N2C3=C4B(c5cc(C(C)(C)C)ccc52)c2cccc5c6ccc7ccccc7c6n(c25)C4C(n2c4cccc5c4c4c6c(cccc6ccc42)-c2ccccc2-5)=C3)cc1. The van der Waals surface area contributed by atoms with Gasteiger partial charge in [-0.25, -0.2) is 0 Å². The van der Waals surface area contributed by atoms with Gasteiger partial charge in [-0.1, -0.05) is 181 Å². The number of para-hydroxylation sites is 1. The average Bonchev–Trinajstić information content (AvgIpc) is 3.97. The van der Waals surface area contributed by atoms with Gasteiger partial charge >= 0.3 is 0 Å². The minimum Gasteiger partial charge on any atom is -0.328 e. The fourth-order valence-electron chi connectivity index (χ4n) is 13.0. The number of hydrogen-bond acceptors (Lipinski definition) is 1. The molecule has 318 valence electrons. The number of aromatic nitrogens is 2. The highest BCUT2D eigenvalue weighted by Gasteiger charge is 2.50. The van der Waals surface area contributed by atoms with E-state index in [0.717, 1.165) is 0 Å². The Morgan fingerprint density at radius 1 is 0.463 bits per heavy atom. The van der Waals surface area contributed by atoms with Gasteiger partial charge in [-0.2, -0.15) is 0 Å². The van der Waals surface area contributed by atoms with Gasteiger partial charge in [-0.05, 0) is 113 Å². The quantitative estimate of drug-likeness (QED) is 0.158. The molecule has 2 aliphatic carbocycles. The Bertz CT molecular complexity index is 4120. The number of nitrogens with zero attached hydrogens (tertiary/aromatic N) is 3. The van der Waals surface area contributed by atoms with E-state index < -0.39 is 0 Å². The van der Waals surface area contributed by atoms with Crippen LogP contribution in [0.5, 0.6) is 0 Å². The molecular formula is C63H48BN3. The third-order valence-electron chi connectivity index (χ3n) is 16.0. The van der Waals surface area contributed by atoms with Gasteiger partial charge in [0.15, 0.2) is 0 Å². The molecule has 15 rings (SSSR count). The lowest BCUT2D eigenvalue weighted by Crippen LogP contribution is -2.54. The van der Waals surface area contributed by atoms with Crippen molar-refractivity contribution in [2.75, 3.05) is 4.90 Å². The van der Waals surface area contributed by atoms with E-state index in [9.17, 15) is 0 Å². The number of rotatable bonds is 2. The van der Waals surface area contributed by atoms with Crippen molar-refractivity contribution < 1.29 is 0 Å². The number of fused-ring (bicyclic) bond motifs is 12. The maximum absolute atomic E-state index is 2.78. The molecule has 1 atom stereocenters. The Hall–Kier alpha value is -7.56. The van der Waals surface area contributed by atoms with E-state index in [4.69, 9.17) is 0 Å². The summed E-state index contributed by atoms with van der Waals surface area (Å²) < 4.78 is 5.46. The summed E-state index contributed by atoms with van der Waals surface area (Å²) in [6.45, 7) is 14.0. The van der Waals surface area contributed by atoms with Gasteiger partial charge in [0.05, 0.1) is 28.3 Å². The van der Waals surface area contributed by atoms with E-state index in [-0.39, 0.29) is 23.6 Å². The number of allylic oxidation sites excluding steroid dienone is 3. The molecule has 0 fully saturated rings. The molecule has 0 spiro atoms. The van der Waals surface area contributed by atoms with Crippen LogP contribution in [0.2, 0.25) is 0 Å². The summed E-state index contributed by atoms with van der Waals surface area (Å²) in [5, 5.41) is 10.5. The van der Waals surface area contributed by atoms with Crippen LogP contribution < -0.4 is 15.8 Å². The lowest BCUT2D eigenvalue weighted by molar-refractivity contribution is 0.590. The van der Waals surface area contributed by atoms with E-state index in [1.165, 1.54) is 138 Å². The van der Waals surface area contributed by atoms with Crippen LogP contribution in [0, 0.1) is 0 Å². The monoisotopic (exact) mass is 857 g/mol. The fourth-order valence-corrected chi connectivity index (χ4v) is 13.0. The average molecular weight is 858 g/mol. The molecule has 0 radical (unpaired) electrons. The molecule has 0 amide bonds. The van der Waals surface area contributed by atoms with Crippen LogP contribution in [0.1, 0.15) is 58.7 Å². The minimum atomic E-state index is -0.105. The van der Waals surface area contributed by atoms with Crippen molar-refractivity contribution in [3.63, 3.8) is 0 Å². The van der Waals surface area contributed by atoms with Gasteiger partial charge < -0.3 is 14.0 Å². The van der Waals surface area contributed by atoms with Crippen LogP contribution in [0.15, 0.2) is 187 Å². The lowest BCUT2D eigenvalue weighted by atomic mass is 9.32. The van der Waals surface area contributed by atoms with E-state index >= 15 is 0 Å². The maximum Gasteiger partial charge on any atom is 0.247 e. The van der Waals surface area contributed by atoms with Crippen molar-refractivity contribution in [3.05, 3.63) is 198 Å². The predicted molar refractivity (Wildman–Crippen MR) is 286 cm³/mol. The van der Waals surface area contributed by atoms with E-state index in [2.05, 4.69) is 232 Å². The highest BCUT2D eigenvalue weighted by atomic mass is 15.2. The predicted octanol–water partition coefficient (Wildman–Crippen LogP) is 15.1. The largest absolute Gasteiger partial charge is 0.328 e. The molecule has 1 unspecified atom stereocenters. The summed E-state index contributed by atoms with van der Waals surface area (Å²) in [6, 6.07) is 65.4. The molecule has 2 aromatic heterocycles. The van der Waals surface area contributed by atoms with E-state index in [0.29, 0.717) is 0 Å². The molecule has 9 aromatic carbocycles. The second-order valence-electron chi connectivity index (χ2n) is 21.6. The van der Waals surface area contributed by atoms with Crippen molar-refractivity contribution in [2.45, 2.75) is 58.4 Å². The van der Waals surface area contributed by atoms with Crippen LogP contribution in [-0.2, 0) is 10.8 Å². The van der Waals surface area contributed by atoms with Crippen LogP contribution in [-0.4, -0.2) is 15.8 Å². The molecule has 4 heterocycles. The molecule has 4 heteroatoms. The molecule has 0 saturated carbocycles. The van der Waals surface area contributed by atoms with Crippen LogP contribution >= 0.6 is 0 Å². The first-order chi connectivity index (χ1) is 32.5. The minimum absolute atomic E-state index is 0.0260. The molecule has 11 aromatic rings. The Balaban J connectivity index is 1.12. The summed E-state index contributed by atoms with van der Waals surface area (Å²) in [5.74, 6) is 0. The van der Waals surface area contributed by atoms with Crippen molar-refractivity contribution in [1.82, 2.24) is 9.13 Å². The zero-order chi connectivity index (χ0) is 44.8. The third kappa shape index (κ3) is 4.78. The van der Waals surface area contributed by atoms with Gasteiger partial charge in [-0.15, -0.1) is 0 Å². The number of hydrogen-bond donors (Lipinski definition) is 0. The molecule has 3 nitrogen and oxygen atoms in total. The molecule has 2 aliphatic heterocycles. The maximum atomic E-state index is 2.78. The summed E-state index contributed by atoms with van der Waals surface area (Å²) in [5.41, 5.74) is 22.3. The molecule has 0 N–H and O–H groups in total. The molecule has 4 aliphatic rings. The topological polar surface area (TPSA) is 13.1 Å². The second kappa shape index (κ2) is 12.7. The summed E-state index contributed by atoms with van der Waals surface area (Å²) in [7, 11) is 0. The first-order valence-corrected chi connectivity index (χ1v) is 24.1. The second-order valence-corrected chi connectivity index (χ2v) is 21.6. The van der Waals surface area contributed by atoms with E-state index in [1.54, 1.807) is 0 Å². The highest BCUT2D eigenvalue weighted by molar-refractivity contribution is 6.94. The van der Waals surface area contributed by atoms with Gasteiger partial charge in [0.25, 0.3) is 0 Å². The van der Waals surface area contributed by atoms with E-state index in [1.807, 2.05) is 0 Å². The number of benzene rings is 9. The normalized spacial score (nSPS) is 16.0. The third-order valence-corrected chi connectivity index (χ3v) is 16.0. The van der Waals surface area contributed by atoms with Crippen LogP contribution in [0.3, 0.4) is 0 Å². The summed E-state index contributed by atoms with van der Waals surface area (Å²) in [4.78, 5) is 2.61. The zero-order valence-electron chi connectivity index (χ0n) is 38.7. The van der Waals surface area contributed by atoms with Crippen LogP contribution in [0.4, 0.5) is 11.4 Å². The zero-order valence-corrected chi connectivity index (χ0v) is 38.7. The Morgan fingerprint density at radius 2 is 1.09 bits per heavy atom.